The van der Waals surface area contributed by atoms with E-state index >= 15 is 0 Å². The molecule has 0 unspecified atom stereocenters. The van der Waals surface area contributed by atoms with Gasteiger partial charge in [0.1, 0.15) is 0 Å². The van der Waals surface area contributed by atoms with Gasteiger partial charge in [-0.25, -0.2) is 0 Å². The summed E-state index contributed by atoms with van der Waals surface area (Å²) in [6.45, 7) is 7.34. The lowest BCUT2D eigenvalue weighted by atomic mass is 10.1. The molecule has 0 aliphatic heterocycles. The maximum atomic E-state index is 5.06. The Labute approximate surface area is 67.0 Å². The molecular weight excluding hydrogens is 136 g/mol. The summed E-state index contributed by atoms with van der Waals surface area (Å²) in [5.74, 6) is 0. The van der Waals surface area contributed by atoms with Gasteiger partial charge in [0.25, 0.3) is 0 Å². The minimum atomic E-state index is 0.875. The van der Waals surface area contributed by atoms with Crippen LogP contribution in [0.5, 0.6) is 0 Å². The second-order valence-electron chi connectivity index (χ2n) is 2.41. The standard InChI is InChI=1S/C10H12O/c1-3-5-9-7-11-8-10(9)6-4-2/h3-4,7-8H,1-2,5-6H2. The normalized spacial score (nSPS) is 9.45. The highest BCUT2D eigenvalue weighted by molar-refractivity contribution is 5.24. The summed E-state index contributed by atoms with van der Waals surface area (Å²) in [7, 11) is 0. The minimum absolute atomic E-state index is 0.875. The maximum absolute atomic E-state index is 5.06. The monoisotopic (exact) mass is 148 g/mol. The Morgan fingerprint density at radius 2 is 1.55 bits per heavy atom. The molecule has 1 heterocycles. The third-order valence-electron chi connectivity index (χ3n) is 1.56. The van der Waals surface area contributed by atoms with E-state index in [0.717, 1.165) is 12.8 Å². The topological polar surface area (TPSA) is 13.1 Å². The van der Waals surface area contributed by atoms with Crippen molar-refractivity contribution in [1.82, 2.24) is 0 Å². The molecule has 11 heavy (non-hydrogen) atoms. The highest BCUT2D eigenvalue weighted by atomic mass is 16.3. The molecule has 58 valence electrons. The van der Waals surface area contributed by atoms with Gasteiger partial charge in [-0.3, -0.25) is 0 Å². The van der Waals surface area contributed by atoms with Crippen LogP contribution in [0.2, 0.25) is 0 Å². The molecule has 0 fully saturated rings. The van der Waals surface area contributed by atoms with Crippen LogP contribution in [0.3, 0.4) is 0 Å². The molecule has 1 heteroatoms. The van der Waals surface area contributed by atoms with Gasteiger partial charge < -0.3 is 4.42 Å². The molecule has 0 saturated heterocycles. The van der Waals surface area contributed by atoms with Crippen LogP contribution in [0.15, 0.2) is 42.3 Å². The van der Waals surface area contributed by atoms with Crippen LogP contribution >= 0.6 is 0 Å². The van der Waals surface area contributed by atoms with Gasteiger partial charge in [0.05, 0.1) is 12.5 Å². The van der Waals surface area contributed by atoms with Gasteiger partial charge >= 0.3 is 0 Å². The van der Waals surface area contributed by atoms with Crippen molar-refractivity contribution in [2.24, 2.45) is 0 Å². The highest BCUT2D eigenvalue weighted by Crippen LogP contribution is 2.12. The van der Waals surface area contributed by atoms with Gasteiger partial charge in [-0.2, -0.15) is 0 Å². The first-order chi connectivity index (χ1) is 5.38. The Balaban J connectivity index is 2.76. The number of rotatable bonds is 4. The van der Waals surface area contributed by atoms with Crippen molar-refractivity contribution < 1.29 is 4.42 Å². The van der Waals surface area contributed by atoms with Crippen LogP contribution in [0.4, 0.5) is 0 Å². The molecule has 0 aromatic carbocycles. The van der Waals surface area contributed by atoms with Crippen LogP contribution in [-0.2, 0) is 12.8 Å². The second-order valence-corrected chi connectivity index (χ2v) is 2.41. The molecule has 0 N–H and O–H groups in total. The molecule has 0 saturated carbocycles. The third kappa shape index (κ3) is 1.84. The smallest absolute Gasteiger partial charge is 0.0940 e. The zero-order valence-corrected chi connectivity index (χ0v) is 6.55. The van der Waals surface area contributed by atoms with E-state index in [1.54, 1.807) is 12.5 Å². The van der Waals surface area contributed by atoms with Crippen molar-refractivity contribution in [3.8, 4) is 0 Å². The molecule has 0 atom stereocenters. The first-order valence-electron chi connectivity index (χ1n) is 3.64. The fourth-order valence-corrected chi connectivity index (χ4v) is 1.02. The van der Waals surface area contributed by atoms with Crippen LogP contribution < -0.4 is 0 Å². The summed E-state index contributed by atoms with van der Waals surface area (Å²) in [6, 6.07) is 0. The quantitative estimate of drug-likeness (QED) is 0.598. The molecule has 1 aromatic heterocycles. The van der Waals surface area contributed by atoms with Gasteiger partial charge in [0.2, 0.25) is 0 Å². The number of hydrogen-bond acceptors (Lipinski definition) is 1. The molecule has 0 spiro atoms. The highest BCUT2D eigenvalue weighted by Gasteiger charge is 2.00. The van der Waals surface area contributed by atoms with E-state index in [-0.39, 0.29) is 0 Å². The van der Waals surface area contributed by atoms with Crippen LogP contribution in [0.25, 0.3) is 0 Å². The maximum Gasteiger partial charge on any atom is 0.0940 e. The predicted octanol–water partition coefficient (Wildman–Crippen LogP) is 2.74. The van der Waals surface area contributed by atoms with E-state index in [9.17, 15) is 0 Å². The van der Waals surface area contributed by atoms with Crippen LogP contribution in [0.1, 0.15) is 11.1 Å². The third-order valence-corrected chi connectivity index (χ3v) is 1.56. The molecule has 0 bridgehead atoms. The Morgan fingerprint density at radius 1 is 1.09 bits per heavy atom. The zero-order valence-electron chi connectivity index (χ0n) is 6.55. The lowest BCUT2D eigenvalue weighted by Gasteiger charge is -1.93. The van der Waals surface area contributed by atoms with Crippen LogP contribution in [-0.4, -0.2) is 0 Å². The molecule has 0 amide bonds. The fraction of sp³-hybridized carbons (Fsp3) is 0.200. The van der Waals surface area contributed by atoms with Crippen molar-refractivity contribution >= 4 is 0 Å². The molecule has 1 rings (SSSR count). The van der Waals surface area contributed by atoms with Gasteiger partial charge in [0.15, 0.2) is 0 Å². The average molecular weight is 148 g/mol. The van der Waals surface area contributed by atoms with Gasteiger partial charge in [-0.15, -0.1) is 13.2 Å². The summed E-state index contributed by atoms with van der Waals surface area (Å²) < 4.78 is 5.06. The van der Waals surface area contributed by atoms with Gasteiger partial charge in [-0.1, -0.05) is 12.2 Å². The molecule has 1 aromatic rings. The zero-order chi connectivity index (χ0) is 8.10. The summed E-state index contributed by atoms with van der Waals surface area (Å²) in [6.07, 6.45) is 9.02. The summed E-state index contributed by atoms with van der Waals surface area (Å²) in [5, 5.41) is 0. The summed E-state index contributed by atoms with van der Waals surface area (Å²) in [5.41, 5.74) is 2.42. The largest absolute Gasteiger partial charge is 0.472 e. The fourth-order valence-electron chi connectivity index (χ4n) is 1.02. The van der Waals surface area contributed by atoms with Gasteiger partial charge in [0, 0.05) is 0 Å². The van der Waals surface area contributed by atoms with Crippen molar-refractivity contribution in [1.29, 1.82) is 0 Å². The number of furan rings is 1. The molecule has 0 radical (unpaired) electrons. The van der Waals surface area contributed by atoms with Crippen molar-refractivity contribution in [2.45, 2.75) is 12.8 Å². The Morgan fingerprint density at radius 3 is 1.91 bits per heavy atom. The summed E-state index contributed by atoms with van der Waals surface area (Å²) in [4.78, 5) is 0. The molecule has 0 aliphatic rings. The average Bonchev–Trinajstić information content (AvgIpc) is 2.39. The van der Waals surface area contributed by atoms with Crippen molar-refractivity contribution in [3.05, 3.63) is 49.0 Å². The SMILES string of the molecule is C=CCc1cocc1CC=C. The predicted molar refractivity (Wildman–Crippen MR) is 46.5 cm³/mol. The second kappa shape index (κ2) is 3.81. The molecule has 0 aliphatic carbocycles. The van der Waals surface area contributed by atoms with Crippen molar-refractivity contribution in [2.75, 3.05) is 0 Å². The molecular formula is C10H12O. The summed E-state index contributed by atoms with van der Waals surface area (Å²) >= 11 is 0. The van der Waals surface area contributed by atoms with Crippen LogP contribution in [0, 0.1) is 0 Å². The number of allylic oxidation sites excluding steroid dienone is 2. The lowest BCUT2D eigenvalue weighted by Crippen LogP contribution is -1.84. The minimum Gasteiger partial charge on any atom is -0.472 e. The van der Waals surface area contributed by atoms with E-state index in [1.807, 2.05) is 12.2 Å². The van der Waals surface area contributed by atoms with E-state index < -0.39 is 0 Å². The van der Waals surface area contributed by atoms with E-state index in [0.29, 0.717) is 0 Å². The first kappa shape index (κ1) is 7.86. The van der Waals surface area contributed by atoms with E-state index in [1.165, 1.54) is 11.1 Å². The van der Waals surface area contributed by atoms with E-state index in [4.69, 9.17) is 4.42 Å². The first-order valence-corrected chi connectivity index (χ1v) is 3.64. The molecule has 1 nitrogen and oxygen atoms in total. The Hall–Kier alpha value is -1.24. The Bertz CT molecular complexity index is 221. The van der Waals surface area contributed by atoms with Crippen molar-refractivity contribution in [3.63, 3.8) is 0 Å². The van der Waals surface area contributed by atoms with E-state index in [2.05, 4.69) is 13.2 Å². The number of hydrogen-bond donors (Lipinski definition) is 0. The Kier molecular flexibility index (Phi) is 2.73. The van der Waals surface area contributed by atoms with Gasteiger partial charge in [-0.05, 0) is 24.0 Å². The lowest BCUT2D eigenvalue weighted by molar-refractivity contribution is 0.562.